The fraction of sp³-hybridized carbons (Fsp3) is 0.286. The normalized spacial score (nSPS) is 13.6. The Morgan fingerprint density at radius 1 is 1.26 bits per heavy atom. The second kappa shape index (κ2) is 6.95. The van der Waals surface area contributed by atoms with Crippen LogP contribution in [0.25, 0.3) is 10.9 Å². The van der Waals surface area contributed by atoms with Crippen molar-refractivity contribution < 1.29 is 9.18 Å². The molecule has 1 aliphatic rings. The fourth-order valence-electron chi connectivity index (χ4n) is 3.65. The summed E-state index contributed by atoms with van der Waals surface area (Å²) in [6.07, 6.45) is 3.34. The molecular weight excluding hydrogens is 345 g/mol. The number of carbonyl (C=O) groups is 1. The Bertz CT molecular complexity index is 1090. The number of rotatable bonds is 3. The summed E-state index contributed by atoms with van der Waals surface area (Å²) >= 11 is 0. The van der Waals surface area contributed by atoms with Crippen LogP contribution >= 0.6 is 0 Å². The molecule has 0 atom stereocenters. The lowest BCUT2D eigenvalue weighted by Crippen LogP contribution is -2.36. The van der Waals surface area contributed by atoms with Crippen molar-refractivity contribution >= 4 is 22.5 Å². The number of hydrogen-bond acceptors (Lipinski definition) is 3. The highest BCUT2D eigenvalue weighted by atomic mass is 19.1. The van der Waals surface area contributed by atoms with Gasteiger partial charge >= 0.3 is 0 Å². The molecule has 3 aromatic rings. The molecule has 2 heterocycles. The van der Waals surface area contributed by atoms with Gasteiger partial charge in [0.15, 0.2) is 0 Å². The maximum absolute atomic E-state index is 13.6. The Morgan fingerprint density at radius 3 is 2.96 bits per heavy atom. The fourth-order valence-corrected chi connectivity index (χ4v) is 3.65. The lowest BCUT2D eigenvalue weighted by atomic mass is 10.0. The maximum Gasteiger partial charge on any atom is 0.261 e. The summed E-state index contributed by atoms with van der Waals surface area (Å²) in [5.74, 6) is -0.462. The first-order valence-corrected chi connectivity index (χ1v) is 9.08. The van der Waals surface area contributed by atoms with E-state index in [0.29, 0.717) is 23.1 Å². The standard InChI is InChI=1S/C21H20FN3O2/c1-14-4-2-6-17-20(14)23-13-24(21(17)27)11-9-19(26)25-10-3-5-15-7-8-16(22)12-18(15)25/h2,4,6-8,12-13H,3,5,9-11H2,1H3. The van der Waals surface area contributed by atoms with Crippen LogP contribution in [0.5, 0.6) is 0 Å². The summed E-state index contributed by atoms with van der Waals surface area (Å²) in [5.41, 5.74) is 3.11. The Kier molecular flexibility index (Phi) is 4.48. The van der Waals surface area contributed by atoms with Gasteiger partial charge in [0.05, 0.1) is 17.2 Å². The molecule has 1 amide bonds. The molecule has 5 nitrogen and oxygen atoms in total. The van der Waals surface area contributed by atoms with Crippen molar-refractivity contribution in [3.8, 4) is 0 Å². The van der Waals surface area contributed by atoms with Crippen LogP contribution in [0.15, 0.2) is 47.5 Å². The van der Waals surface area contributed by atoms with Crippen molar-refractivity contribution in [1.29, 1.82) is 0 Å². The third-order valence-corrected chi connectivity index (χ3v) is 5.09. The number of hydrogen-bond donors (Lipinski definition) is 0. The van der Waals surface area contributed by atoms with Crippen LogP contribution in [-0.4, -0.2) is 22.0 Å². The Morgan fingerprint density at radius 2 is 2.11 bits per heavy atom. The van der Waals surface area contributed by atoms with Gasteiger partial charge in [-0.1, -0.05) is 18.2 Å². The SMILES string of the molecule is Cc1cccc2c(=O)n(CCC(=O)N3CCCc4ccc(F)cc43)cnc12. The second-order valence-electron chi connectivity index (χ2n) is 6.89. The van der Waals surface area contributed by atoms with Crippen molar-refractivity contribution in [3.05, 3.63) is 70.0 Å². The van der Waals surface area contributed by atoms with Crippen molar-refractivity contribution in [2.75, 3.05) is 11.4 Å². The minimum Gasteiger partial charge on any atom is -0.312 e. The first-order valence-electron chi connectivity index (χ1n) is 9.08. The van der Waals surface area contributed by atoms with Gasteiger partial charge in [-0.05, 0) is 49.1 Å². The zero-order chi connectivity index (χ0) is 19.0. The third-order valence-electron chi connectivity index (χ3n) is 5.09. The Hall–Kier alpha value is -3.02. The number of aryl methyl sites for hydroxylation is 3. The van der Waals surface area contributed by atoms with Crippen LogP contribution in [-0.2, 0) is 17.8 Å². The van der Waals surface area contributed by atoms with Gasteiger partial charge in [0, 0.05) is 25.2 Å². The average molecular weight is 365 g/mol. The molecule has 1 aromatic heterocycles. The number of anilines is 1. The first kappa shape index (κ1) is 17.4. The van der Waals surface area contributed by atoms with E-state index in [0.717, 1.165) is 24.0 Å². The number of para-hydroxylation sites is 1. The van der Waals surface area contributed by atoms with E-state index in [9.17, 15) is 14.0 Å². The zero-order valence-corrected chi connectivity index (χ0v) is 15.1. The predicted molar refractivity (Wildman–Crippen MR) is 102 cm³/mol. The van der Waals surface area contributed by atoms with Crippen LogP contribution < -0.4 is 10.5 Å². The monoisotopic (exact) mass is 365 g/mol. The molecule has 0 radical (unpaired) electrons. The molecule has 0 saturated heterocycles. The summed E-state index contributed by atoms with van der Waals surface area (Å²) in [4.78, 5) is 31.4. The second-order valence-corrected chi connectivity index (χ2v) is 6.89. The molecule has 0 spiro atoms. The van der Waals surface area contributed by atoms with E-state index in [1.807, 2.05) is 19.1 Å². The summed E-state index contributed by atoms with van der Waals surface area (Å²) in [7, 11) is 0. The summed E-state index contributed by atoms with van der Waals surface area (Å²) in [6, 6.07) is 10.1. The first-order chi connectivity index (χ1) is 13.0. The molecule has 0 fully saturated rings. The van der Waals surface area contributed by atoms with Gasteiger partial charge < -0.3 is 4.90 Å². The number of aromatic nitrogens is 2. The van der Waals surface area contributed by atoms with Gasteiger partial charge in [0.2, 0.25) is 5.91 Å². The molecule has 0 aliphatic carbocycles. The number of carbonyl (C=O) groups excluding carboxylic acids is 1. The molecule has 0 saturated carbocycles. The maximum atomic E-state index is 13.6. The van der Waals surface area contributed by atoms with Gasteiger partial charge in [-0.25, -0.2) is 9.37 Å². The molecule has 1 aliphatic heterocycles. The molecule has 4 rings (SSSR count). The van der Waals surface area contributed by atoms with Crippen LogP contribution in [0.2, 0.25) is 0 Å². The van der Waals surface area contributed by atoms with Gasteiger partial charge in [0.25, 0.3) is 5.56 Å². The Labute approximate surface area is 156 Å². The van der Waals surface area contributed by atoms with E-state index in [1.54, 1.807) is 17.0 Å². The van der Waals surface area contributed by atoms with Crippen LogP contribution in [0.4, 0.5) is 10.1 Å². The van der Waals surface area contributed by atoms with Gasteiger partial charge in [-0.15, -0.1) is 0 Å². The van der Waals surface area contributed by atoms with Crippen LogP contribution in [0.1, 0.15) is 24.0 Å². The summed E-state index contributed by atoms with van der Waals surface area (Å²) in [5, 5.41) is 0.551. The highest BCUT2D eigenvalue weighted by Gasteiger charge is 2.23. The van der Waals surface area contributed by atoms with E-state index in [1.165, 1.54) is 23.0 Å². The average Bonchev–Trinajstić information content (AvgIpc) is 2.67. The van der Waals surface area contributed by atoms with E-state index >= 15 is 0 Å². The molecule has 0 unspecified atom stereocenters. The lowest BCUT2D eigenvalue weighted by Gasteiger charge is -2.29. The van der Waals surface area contributed by atoms with Crippen molar-refractivity contribution in [2.24, 2.45) is 0 Å². The van der Waals surface area contributed by atoms with Gasteiger partial charge in [-0.2, -0.15) is 0 Å². The smallest absolute Gasteiger partial charge is 0.261 e. The van der Waals surface area contributed by atoms with E-state index in [4.69, 9.17) is 0 Å². The molecule has 27 heavy (non-hydrogen) atoms. The van der Waals surface area contributed by atoms with Crippen molar-refractivity contribution in [1.82, 2.24) is 9.55 Å². The number of nitrogens with zero attached hydrogens (tertiary/aromatic N) is 3. The molecule has 2 aromatic carbocycles. The Balaban J connectivity index is 1.56. The topological polar surface area (TPSA) is 55.2 Å². The number of amides is 1. The molecular formula is C21H20FN3O2. The summed E-state index contributed by atoms with van der Waals surface area (Å²) < 4.78 is 15.1. The number of halogens is 1. The minimum absolute atomic E-state index is 0.113. The van der Waals surface area contributed by atoms with Crippen LogP contribution in [0, 0.1) is 12.7 Å². The van der Waals surface area contributed by atoms with Gasteiger partial charge in [-0.3, -0.25) is 14.2 Å². The summed E-state index contributed by atoms with van der Waals surface area (Å²) in [6.45, 7) is 2.73. The van der Waals surface area contributed by atoms with E-state index in [-0.39, 0.29) is 30.2 Å². The highest BCUT2D eigenvalue weighted by molar-refractivity contribution is 5.94. The van der Waals surface area contributed by atoms with Crippen molar-refractivity contribution in [2.45, 2.75) is 32.7 Å². The van der Waals surface area contributed by atoms with E-state index in [2.05, 4.69) is 4.98 Å². The largest absolute Gasteiger partial charge is 0.312 e. The van der Waals surface area contributed by atoms with Crippen LogP contribution in [0.3, 0.4) is 0 Å². The highest BCUT2D eigenvalue weighted by Crippen LogP contribution is 2.28. The molecule has 0 N–H and O–H groups in total. The minimum atomic E-state index is -0.348. The molecule has 6 heteroatoms. The van der Waals surface area contributed by atoms with E-state index < -0.39 is 0 Å². The molecule has 0 bridgehead atoms. The zero-order valence-electron chi connectivity index (χ0n) is 15.1. The number of fused-ring (bicyclic) bond motifs is 2. The van der Waals surface area contributed by atoms with Gasteiger partial charge in [0.1, 0.15) is 5.82 Å². The molecule has 138 valence electrons. The quantitative estimate of drug-likeness (QED) is 0.716. The predicted octanol–water partition coefficient (Wildman–Crippen LogP) is 3.21. The lowest BCUT2D eigenvalue weighted by molar-refractivity contribution is -0.118. The number of benzene rings is 2. The third kappa shape index (κ3) is 3.23. The van der Waals surface area contributed by atoms with Crippen molar-refractivity contribution in [3.63, 3.8) is 0 Å².